The van der Waals surface area contributed by atoms with Crippen molar-refractivity contribution in [3.8, 4) is 0 Å². The summed E-state index contributed by atoms with van der Waals surface area (Å²) in [6.45, 7) is 0. The Morgan fingerprint density at radius 3 is 3.00 bits per heavy atom. The molecular formula is C8H11NO3. The fourth-order valence-electron chi connectivity index (χ4n) is 0.876. The van der Waals surface area contributed by atoms with Gasteiger partial charge >= 0.3 is 5.97 Å². The SMILES string of the molecule is NC(CCc1ccco1)C(=O)O. The van der Waals surface area contributed by atoms with Gasteiger partial charge in [-0.05, 0) is 18.6 Å². The second kappa shape index (κ2) is 3.92. The Labute approximate surface area is 70.0 Å². The predicted octanol–water partition coefficient (Wildman–Crippen LogP) is 0.624. The summed E-state index contributed by atoms with van der Waals surface area (Å²) in [5.74, 6) is -0.201. The zero-order valence-corrected chi connectivity index (χ0v) is 6.56. The van der Waals surface area contributed by atoms with E-state index in [-0.39, 0.29) is 0 Å². The zero-order chi connectivity index (χ0) is 8.97. The molecule has 0 radical (unpaired) electrons. The fourth-order valence-corrected chi connectivity index (χ4v) is 0.876. The summed E-state index contributed by atoms with van der Waals surface area (Å²) in [4.78, 5) is 10.3. The van der Waals surface area contributed by atoms with Crippen molar-refractivity contribution in [1.29, 1.82) is 0 Å². The third kappa shape index (κ3) is 2.39. The molecule has 66 valence electrons. The summed E-state index contributed by atoms with van der Waals surface area (Å²) in [7, 11) is 0. The number of furan rings is 1. The lowest BCUT2D eigenvalue weighted by Crippen LogP contribution is -2.30. The van der Waals surface area contributed by atoms with Gasteiger partial charge in [-0.3, -0.25) is 4.79 Å². The van der Waals surface area contributed by atoms with Crippen LogP contribution in [0.4, 0.5) is 0 Å². The van der Waals surface area contributed by atoms with Gasteiger partial charge in [0.25, 0.3) is 0 Å². The van der Waals surface area contributed by atoms with Gasteiger partial charge in [0, 0.05) is 6.42 Å². The number of rotatable bonds is 4. The molecule has 0 amide bonds. The standard InChI is InChI=1S/C8H11NO3/c9-7(8(10)11)4-3-6-2-1-5-12-6/h1-2,5,7H,3-4,9H2,(H,10,11). The van der Waals surface area contributed by atoms with E-state index in [4.69, 9.17) is 15.3 Å². The number of carboxylic acid groups (broad SMARTS) is 1. The number of hydrogen-bond donors (Lipinski definition) is 2. The van der Waals surface area contributed by atoms with Crippen molar-refractivity contribution in [2.24, 2.45) is 5.73 Å². The maximum atomic E-state index is 10.3. The van der Waals surface area contributed by atoms with Gasteiger partial charge in [0.1, 0.15) is 11.8 Å². The summed E-state index contributed by atoms with van der Waals surface area (Å²) in [6.07, 6.45) is 2.53. The van der Waals surface area contributed by atoms with Crippen molar-refractivity contribution in [3.63, 3.8) is 0 Å². The average molecular weight is 169 g/mol. The number of carboxylic acids is 1. The smallest absolute Gasteiger partial charge is 0.320 e. The van der Waals surface area contributed by atoms with E-state index < -0.39 is 12.0 Å². The van der Waals surface area contributed by atoms with Gasteiger partial charge in [0.15, 0.2) is 0 Å². The van der Waals surface area contributed by atoms with Crippen molar-refractivity contribution in [3.05, 3.63) is 24.2 Å². The third-order valence-corrected chi connectivity index (χ3v) is 1.60. The van der Waals surface area contributed by atoms with Gasteiger partial charge in [0.2, 0.25) is 0 Å². The topological polar surface area (TPSA) is 76.5 Å². The van der Waals surface area contributed by atoms with Crippen LogP contribution < -0.4 is 5.73 Å². The lowest BCUT2D eigenvalue weighted by molar-refractivity contribution is -0.138. The molecule has 0 saturated carbocycles. The van der Waals surface area contributed by atoms with Crippen LogP contribution in [0, 0.1) is 0 Å². The van der Waals surface area contributed by atoms with E-state index >= 15 is 0 Å². The highest BCUT2D eigenvalue weighted by Gasteiger charge is 2.11. The minimum Gasteiger partial charge on any atom is -0.480 e. The van der Waals surface area contributed by atoms with Gasteiger partial charge in [-0.1, -0.05) is 0 Å². The maximum Gasteiger partial charge on any atom is 0.320 e. The maximum absolute atomic E-state index is 10.3. The Kier molecular flexibility index (Phi) is 2.88. The fraction of sp³-hybridized carbons (Fsp3) is 0.375. The number of carbonyl (C=O) groups is 1. The van der Waals surface area contributed by atoms with E-state index in [1.165, 1.54) is 0 Å². The zero-order valence-electron chi connectivity index (χ0n) is 6.56. The second-order valence-electron chi connectivity index (χ2n) is 2.56. The minimum absolute atomic E-state index is 0.406. The molecule has 0 aliphatic carbocycles. The van der Waals surface area contributed by atoms with Crippen LogP contribution in [0.5, 0.6) is 0 Å². The first-order valence-electron chi connectivity index (χ1n) is 3.71. The first-order chi connectivity index (χ1) is 5.70. The van der Waals surface area contributed by atoms with Crippen LogP contribution in [0.25, 0.3) is 0 Å². The van der Waals surface area contributed by atoms with Crippen molar-refractivity contribution in [1.82, 2.24) is 0 Å². The summed E-state index contributed by atoms with van der Waals surface area (Å²) < 4.78 is 5.02. The molecule has 0 aliphatic rings. The third-order valence-electron chi connectivity index (χ3n) is 1.60. The van der Waals surface area contributed by atoms with Crippen molar-refractivity contribution >= 4 is 5.97 Å². The Morgan fingerprint density at radius 1 is 1.75 bits per heavy atom. The lowest BCUT2D eigenvalue weighted by atomic mass is 10.1. The van der Waals surface area contributed by atoms with Crippen molar-refractivity contribution in [2.75, 3.05) is 0 Å². The van der Waals surface area contributed by atoms with E-state index in [0.717, 1.165) is 5.76 Å². The van der Waals surface area contributed by atoms with E-state index in [2.05, 4.69) is 0 Å². The Balaban J connectivity index is 2.31. The summed E-state index contributed by atoms with van der Waals surface area (Å²) >= 11 is 0. The molecule has 1 unspecified atom stereocenters. The predicted molar refractivity (Wildman–Crippen MR) is 42.6 cm³/mol. The Morgan fingerprint density at radius 2 is 2.50 bits per heavy atom. The number of nitrogens with two attached hydrogens (primary N) is 1. The van der Waals surface area contributed by atoms with Crippen LogP contribution in [-0.4, -0.2) is 17.1 Å². The molecule has 3 N–H and O–H groups in total. The molecule has 0 bridgehead atoms. The normalized spacial score (nSPS) is 12.8. The molecule has 1 rings (SSSR count). The number of hydrogen-bond acceptors (Lipinski definition) is 3. The van der Waals surface area contributed by atoms with Gasteiger partial charge in [-0.2, -0.15) is 0 Å². The molecule has 0 fully saturated rings. The largest absolute Gasteiger partial charge is 0.480 e. The highest BCUT2D eigenvalue weighted by atomic mass is 16.4. The van der Waals surface area contributed by atoms with Gasteiger partial charge in [0.05, 0.1) is 6.26 Å². The molecule has 0 spiro atoms. The summed E-state index contributed by atoms with van der Waals surface area (Å²) in [6, 6.07) is 2.77. The van der Waals surface area contributed by atoms with E-state index in [1.54, 1.807) is 18.4 Å². The molecule has 4 nitrogen and oxygen atoms in total. The molecule has 12 heavy (non-hydrogen) atoms. The molecular weight excluding hydrogens is 158 g/mol. The van der Waals surface area contributed by atoms with E-state index in [9.17, 15) is 4.79 Å². The molecule has 1 aromatic heterocycles. The molecule has 0 aliphatic heterocycles. The summed E-state index contributed by atoms with van der Waals surface area (Å²) in [5, 5.41) is 8.46. The highest BCUT2D eigenvalue weighted by Crippen LogP contribution is 2.04. The molecule has 4 heteroatoms. The van der Waals surface area contributed by atoms with Crippen LogP contribution >= 0.6 is 0 Å². The van der Waals surface area contributed by atoms with Gasteiger partial charge in [-0.15, -0.1) is 0 Å². The number of aliphatic carboxylic acids is 1. The Hall–Kier alpha value is -1.29. The van der Waals surface area contributed by atoms with E-state index in [0.29, 0.717) is 12.8 Å². The minimum atomic E-state index is -0.971. The molecule has 1 atom stereocenters. The monoisotopic (exact) mass is 169 g/mol. The first kappa shape index (κ1) is 8.80. The second-order valence-corrected chi connectivity index (χ2v) is 2.56. The van der Waals surface area contributed by atoms with Crippen LogP contribution in [0.1, 0.15) is 12.2 Å². The molecule has 0 aromatic carbocycles. The van der Waals surface area contributed by atoms with Crippen LogP contribution in [-0.2, 0) is 11.2 Å². The molecule has 1 heterocycles. The average Bonchev–Trinajstić information content (AvgIpc) is 2.51. The van der Waals surface area contributed by atoms with Crippen LogP contribution in [0.2, 0.25) is 0 Å². The Bertz CT molecular complexity index is 243. The van der Waals surface area contributed by atoms with Crippen molar-refractivity contribution in [2.45, 2.75) is 18.9 Å². The first-order valence-corrected chi connectivity index (χ1v) is 3.71. The van der Waals surface area contributed by atoms with Crippen LogP contribution in [0.15, 0.2) is 22.8 Å². The molecule has 1 aromatic rings. The quantitative estimate of drug-likeness (QED) is 0.692. The highest BCUT2D eigenvalue weighted by molar-refractivity contribution is 5.72. The van der Waals surface area contributed by atoms with Crippen LogP contribution in [0.3, 0.4) is 0 Å². The van der Waals surface area contributed by atoms with Gasteiger partial charge < -0.3 is 15.3 Å². The number of aryl methyl sites for hydroxylation is 1. The van der Waals surface area contributed by atoms with Crippen molar-refractivity contribution < 1.29 is 14.3 Å². The lowest BCUT2D eigenvalue weighted by Gasteiger charge is -2.02. The summed E-state index contributed by atoms with van der Waals surface area (Å²) in [5.41, 5.74) is 5.29. The molecule has 0 saturated heterocycles. The van der Waals surface area contributed by atoms with Gasteiger partial charge in [-0.25, -0.2) is 0 Å². The van der Waals surface area contributed by atoms with E-state index in [1.807, 2.05) is 0 Å².